The highest BCUT2D eigenvalue weighted by Crippen LogP contribution is 2.27. The minimum atomic E-state index is -0.737. The van der Waals surface area contributed by atoms with Gasteiger partial charge in [0.15, 0.2) is 0 Å². The van der Waals surface area contributed by atoms with Crippen molar-refractivity contribution in [1.82, 2.24) is 10.2 Å². The number of nitrogens with one attached hydrogen (secondary N) is 1. The third-order valence-electron chi connectivity index (χ3n) is 4.59. The normalized spacial score (nSPS) is 23.3. The molecule has 5 heteroatoms. The summed E-state index contributed by atoms with van der Waals surface area (Å²) in [5.74, 6) is -0.406. The molecule has 0 aromatic rings. The Labute approximate surface area is 114 Å². The number of likely N-dealkylation sites (tertiary alicyclic amines) is 1. The van der Waals surface area contributed by atoms with E-state index in [-0.39, 0.29) is 18.0 Å². The van der Waals surface area contributed by atoms with E-state index in [1.54, 1.807) is 4.90 Å². The molecule has 1 aliphatic carbocycles. The summed E-state index contributed by atoms with van der Waals surface area (Å²) in [5, 5.41) is 12.0. The number of nitrogens with zero attached hydrogens (tertiary/aromatic N) is 1. The number of carboxylic acids is 1. The van der Waals surface area contributed by atoms with Crippen LogP contribution in [0, 0.1) is 11.8 Å². The van der Waals surface area contributed by atoms with Gasteiger partial charge in [0, 0.05) is 19.1 Å². The van der Waals surface area contributed by atoms with Crippen molar-refractivity contribution in [2.75, 3.05) is 13.1 Å². The molecule has 0 aromatic heterocycles. The molecule has 1 aliphatic heterocycles. The Hall–Kier alpha value is -1.26. The molecule has 2 aliphatic rings. The maximum atomic E-state index is 12.1. The first-order valence-corrected chi connectivity index (χ1v) is 7.36. The highest BCUT2D eigenvalue weighted by atomic mass is 16.4. The molecule has 1 atom stereocenters. The van der Waals surface area contributed by atoms with Crippen LogP contribution in [0.3, 0.4) is 0 Å². The maximum absolute atomic E-state index is 12.1. The van der Waals surface area contributed by atoms with Crippen LogP contribution in [0.15, 0.2) is 0 Å². The van der Waals surface area contributed by atoms with Crippen LogP contribution in [0.5, 0.6) is 0 Å². The lowest BCUT2D eigenvalue weighted by atomic mass is 9.97. The van der Waals surface area contributed by atoms with Gasteiger partial charge in [0.25, 0.3) is 0 Å². The van der Waals surface area contributed by atoms with Gasteiger partial charge in [-0.25, -0.2) is 4.79 Å². The van der Waals surface area contributed by atoms with Crippen LogP contribution in [0.4, 0.5) is 4.79 Å². The number of hydrogen-bond acceptors (Lipinski definition) is 2. The zero-order valence-corrected chi connectivity index (χ0v) is 11.6. The highest BCUT2D eigenvalue weighted by molar-refractivity contribution is 5.75. The minimum absolute atomic E-state index is 0.0248. The number of rotatable bonds is 3. The van der Waals surface area contributed by atoms with Crippen molar-refractivity contribution >= 4 is 12.0 Å². The maximum Gasteiger partial charge on any atom is 0.317 e. The summed E-state index contributed by atoms with van der Waals surface area (Å²) in [4.78, 5) is 24.7. The number of hydrogen-bond donors (Lipinski definition) is 2. The molecular formula is C14H24N2O3. The van der Waals surface area contributed by atoms with E-state index in [2.05, 4.69) is 12.2 Å². The third kappa shape index (κ3) is 3.61. The van der Waals surface area contributed by atoms with Gasteiger partial charge in [0.2, 0.25) is 0 Å². The molecule has 108 valence electrons. The molecular weight excluding hydrogens is 244 g/mol. The topological polar surface area (TPSA) is 69.6 Å². The predicted molar refractivity (Wildman–Crippen MR) is 71.9 cm³/mol. The summed E-state index contributed by atoms with van der Waals surface area (Å²) in [6.45, 7) is 3.19. The molecule has 2 fully saturated rings. The minimum Gasteiger partial charge on any atom is -0.481 e. The molecule has 0 bridgehead atoms. The largest absolute Gasteiger partial charge is 0.481 e. The Kier molecular flexibility index (Phi) is 4.66. The van der Waals surface area contributed by atoms with Crippen molar-refractivity contribution in [3.63, 3.8) is 0 Å². The summed E-state index contributed by atoms with van der Waals surface area (Å²) in [6.07, 6.45) is 6.11. The Morgan fingerprint density at radius 1 is 1.16 bits per heavy atom. The zero-order chi connectivity index (χ0) is 13.8. The molecule has 1 heterocycles. The monoisotopic (exact) mass is 268 g/mol. The fraction of sp³-hybridized carbons (Fsp3) is 0.857. The fourth-order valence-electron chi connectivity index (χ4n) is 3.19. The summed E-state index contributed by atoms with van der Waals surface area (Å²) in [6, 6.07) is 0.204. The van der Waals surface area contributed by atoms with Crippen LogP contribution in [-0.4, -0.2) is 41.1 Å². The number of piperidine rings is 1. The zero-order valence-electron chi connectivity index (χ0n) is 11.6. The smallest absolute Gasteiger partial charge is 0.317 e. The van der Waals surface area contributed by atoms with Crippen LogP contribution in [0.1, 0.15) is 45.4 Å². The van der Waals surface area contributed by atoms with E-state index in [1.807, 2.05) is 0 Å². The summed E-state index contributed by atoms with van der Waals surface area (Å²) in [7, 11) is 0. The lowest BCUT2D eigenvalue weighted by molar-refractivity contribution is -0.143. The third-order valence-corrected chi connectivity index (χ3v) is 4.59. The second-order valence-electron chi connectivity index (χ2n) is 5.88. The van der Waals surface area contributed by atoms with E-state index in [0.717, 1.165) is 0 Å². The van der Waals surface area contributed by atoms with Gasteiger partial charge in [-0.15, -0.1) is 0 Å². The first-order chi connectivity index (χ1) is 9.08. The predicted octanol–water partition coefficient (Wildman–Crippen LogP) is 2.07. The number of carbonyl (C=O) groups is 2. The molecule has 2 amide bonds. The average Bonchev–Trinajstić information content (AvgIpc) is 2.92. The van der Waals surface area contributed by atoms with Crippen molar-refractivity contribution in [3.05, 3.63) is 0 Å². The van der Waals surface area contributed by atoms with Gasteiger partial charge in [-0.2, -0.15) is 0 Å². The Morgan fingerprint density at radius 2 is 1.74 bits per heavy atom. The van der Waals surface area contributed by atoms with Crippen LogP contribution in [-0.2, 0) is 4.79 Å². The van der Waals surface area contributed by atoms with Crippen LogP contribution in [0.25, 0.3) is 0 Å². The van der Waals surface area contributed by atoms with Gasteiger partial charge in [-0.05, 0) is 38.5 Å². The standard InChI is InChI=1S/C14H24N2O3/c1-10(11-4-2-3-5-11)15-14(19)16-8-6-12(7-9-16)13(17)18/h10-12H,2-9H2,1H3,(H,15,19)(H,17,18)/t10-/m0/s1. The van der Waals surface area contributed by atoms with E-state index in [0.29, 0.717) is 31.8 Å². The van der Waals surface area contributed by atoms with Crippen LogP contribution < -0.4 is 5.32 Å². The molecule has 0 unspecified atom stereocenters. The van der Waals surface area contributed by atoms with Crippen molar-refractivity contribution in [2.45, 2.75) is 51.5 Å². The first-order valence-electron chi connectivity index (χ1n) is 7.36. The average molecular weight is 268 g/mol. The Morgan fingerprint density at radius 3 is 2.26 bits per heavy atom. The molecule has 5 nitrogen and oxygen atoms in total. The molecule has 0 spiro atoms. The van der Waals surface area contributed by atoms with Crippen LogP contribution in [0.2, 0.25) is 0 Å². The summed E-state index contributed by atoms with van der Waals surface area (Å²) >= 11 is 0. The lowest BCUT2D eigenvalue weighted by Crippen LogP contribution is -2.49. The molecule has 19 heavy (non-hydrogen) atoms. The molecule has 1 saturated carbocycles. The van der Waals surface area contributed by atoms with Crippen LogP contribution >= 0.6 is 0 Å². The lowest BCUT2D eigenvalue weighted by Gasteiger charge is -2.32. The molecule has 0 radical (unpaired) electrons. The van der Waals surface area contributed by atoms with Crippen molar-refractivity contribution < 1.29 is 14.7 Å². The quantitative estimate of drug-likeness (QED) is 0.823. The van der Waals surface area contributed by atoms with E-state index in [4.69, 9.17) is 5.11 Å². The Balaban J connectivity index is 1.76. The highest BCUT2D eigenvalue weighted by Gasteiger charge is 2.29. The van der Waals surface area contributed by atoms with Crippen molar-refractivity contribution in [3.8, 4) is 0 Å². The van der Waals surface area contributed by atoms with E-state index in [9.17, 15) is 9.59 Å². The fourth-order valence-corrected chi connectivity index (χ4v) is 3.19. The van der Waals surface area contributed by atoms with Crippen molar-refractivity contribution in [2.24, 2.45) is 11.8 Å². The Bertz CT molecular complexity index is 332. The van der Waals surface area contributed by atoms with Gasteiger partial charge in [0.1, 0.15) is 0 Å². The van der Waals surface area contributed by atoms with Gasteiger partial charge >= 0.3 is 12.0 Å². The first kappa shape index (κ1) is 14.2. The van der Waals surface area contributed by atoms with E-state index < -0.39 is 5.97 Å². The van der Waals surface area contributed by atoms with E-state index in [1.165, 1.54) is 25.7 Å². The van der Waals surface area contributed by atoms with Gasteiger partial charge in [-0.3, -0.25) is 4.79 Å². The van der Waals surface area contributed by atoms with Crippen molar-refractivity contribution in [1.29, 1.82) is 0 Å². The molecule has 1 saturated heterocycles. The van der Waals surface area contributed by atoms with Gasteiger partial charge in [0.05, 0.1) is 5.92 Å². The number of carboxylic acid groups (broad SMARTS) is 1. The molecule has 0 aromatic carbocycles. The second-order valence-corrected chi connectivity index (χ2v) is 5.88. The number of carbonyl (C=O) groups excluding carboxylic acids is 1. The number of aliphatic carboxylic acids is 1. The summed E-state index contributed by atoms with van der Waals surface area (Å²) < 4.78 is 0. The molecule has 2 N–H and O–H groups in total. The number of amides is 2. The second kappa shape index (κ2) is 6.26. The SMILES string of the molecule is C[C@H](NC(=O)N1CCC(C(=O)O)CC1)C1CCCC1. The summed E-state index contributed by atoms with van der Waals surface area (Å²) in [5.41, 5.74) is 0. The molecule has 2 rings (SSSR count). The van der Waals surface area contributed by atoms with E-state index >= 15 is 0 Å². The van der Waals surface area contributed by atoms with Gasteiger partial charge < -0.3 is 15.3 Å². The number of urea groups is 1. The van der Waals surface area contributed by atoms with Gasteiger partial charge in [-0.1, -0.05) is 12.8 Å².